The van der Waals surface area contributed by atoms with Gasteiger partial charge in [-0.2, -0.15) is 0 Å². The topological polar surface area (TPSA) is 0 Å². The minimum atomic E-state index is 0.117. The van der Waals surface area contributed by atoms with Crippen molar-refractivity contribution in [2.75, 3.05) is 0 Å². The van der Waals surface area contributed by atoms with Crippen LogP contribution in [0.3, 0.4) is 0 Å². The molecule has 7 aromatic rings. The molecule has 0 unspecified atom stereocenters. The molecule has 0 heterocycles. The van der Waals surface area contributed by atoms with Gasteiger partial charge in [0.25, 0.3) is 0 Å². The lowest BCUT2D eigenvalue weighted by molar-refractivity contribution is 1.14. The molecule has 0 saturated heterocycles. The van der Waals surface area contributed by atoms with Crippen LogP contribution >= 0.6 is 0 Å². The highest BCUT2D eigenvalue weighted by molar-refractivity contribution is 6.29. The molecule has 0 atom stereocenters. The van der Waals surface area contributed by atoms with Crippen LogP contribution in [0.2, 0.25) is 0 Å². The van der Waals surface area contributed by atoms with Gasteiger partial charge >= 0.3 is 0 Å². The fraction of sp³-hybridized carbons (Fsp3) is 0.0185. The molecule has 0 aromatic heterocycles. The predicted molar refractivity (Wildman–Crippen MR) is 230 cm³/mol. The van der Waals surface area contributed by atoms with Gasteiger partial charge in [0.05, 0.1) is 5.57 Å². The molecular formula is C54H41+. The monoisotopic (exact) mass is 689 g/mol. The van der Waals surface area contributed by atoms with Gasteiger partial charge in [-0.05, 0) is 74.4 Å². The number of hydrogen-bond donors (Lipinski definition) is 0. The van der Waals surface area contributed by atoms with Gasteiger partial charge in [-0.25, -0.2) is 0 Å². The van der Waals surface area contributed by atoms with Gasteiger partial charge in [0.1, 0.15) is 5.57 Å². The van der Waals surface area contributed by atoms with Gasteiger partial charge in [-0.3, -0.25) is 0 Å². The maximum absolute atomic E-state index is 2.27. The van der Waals surface area contributed by atoms with E-state index in [1.165, 1.54) is 72.4 Å². The number of hydrogen-bond acceptors (Lipinski definition) is 0. The fourth-order valence-corrected chi connectivity index (χ4v) is 7.66. The van der Waals surface area contributed by atoms with E-state index in [0.717, 1.165) is 0 Å². The van der Waals surface area contributed by atoms with Crippen molar-refractivity contribution in [3.8, 4) is 0 Å². The summed E-state index contributed by atoms with van der Waals surface area (Å²) in [7, 11) is 0. The first kappa shape index (κ1) is 34.2. The maximum Gasteiger partial charge on any atom is 0.105 e. The standard InChI is InChI=1S/C35H26.C19H15/c1-6-16-26(17-7-1)31-32(27-18-8-2-9-19-27)34(29-22-12-4-13-23-29)35(30-24-14-5-15-25-30)33(31)28-20-10-3-11-21-28;1-4-10-16(11-5-1)19(17-12-6-2-7-13-17)18-14-8-3-9-15-18/h1-25,31H;1-15H/q;+1. The normalized spacial score (nSPS) is 13.7. The van der Waals surface area contributed by atoms with Crippen molar-refractivity contribution in [1.29, 1.82) is 0 Å². The van der Waals surface area contributed by atoms with Gasteiger partial charge in [0.2, 0.25) is 0 Å². The highest BCUT2D eigenvalue weighted by atomic mass is 14.4. The van der Waals surface area contributed by atoms with E-state index >= 15 is 0 Å². The second kappa shape index (κ2) is 16.6. The Labute approximate surface area is 320 Å². The maximum atomic E-state index is 2.27. The van der Waals surface area contributed by atoms with E-state index in [4.69, 9.17) is 0 Å². The molecule has 0 aliphatic heterocycles. The van der Waals surface area contributed by atoms with Crippen molar-refractivity contribution in [2.24, 2.45) is 0 Å². The zero-order valence-corrected chi connectivity index (χ0v) is 30.2. The van der Waals surface area contributed by atoms with Gasteiger partial charge in [-0.1, -0.05) is 188 Å². The Morgan fingerprint density at radius 3 is 1.07 bits per heavy atom. The highest BCUT2D eigenvalue weighted by Crippen LogP contribution is 2.58. The lowest BCUT2D eigenvalue weighted by atomic mass is 9.81. The smallest absolute Gasteiger partial charge is 0.0622 e. The number of allylic oxidation sites excluding steroid dienone is 9. The summed E-state index contributed by atoms with van der Waals surface area (Å²) in [5, 5.41) is 0. The van der Waals surface area contributed by atoms with Crippen LogP contribution < -0.4 is 0 Å². The molecule has 256 valence electrons. The summed E-state index contributed by atoms with van der Waals surface area (Å²) < 4.78 is 0. The summed E-state index contributed by atoms with van der Waals surface area (Å²) in [6.45, 7) is 0. The van der Waals surface area contributed by atoms with E-state index in [-0.39, 0.29) is 5.92 Å². The Morgan fingerprint density at radius 1 is 0.352 bits per heavy atom. The molecular weight excluding hydrogens is 649 g/mol. The highest BCUT2D eigenvalue weighted by Gasteiger charge is 2.37. The summed E-state index contributed by atoms with van der Waals surface area (Å²) in [5.41, 5.74) is 16.7. The Bertz CT molecular complexity index is 2290. The molecule has 0 bridgehead atoms. The third kappa shape index (κ3) is 7.37. The van der Waals surface area contributed by atoms with Crippen molar-refractivity contribution in [2.45, 2.75) is 5.92 Å². The average Bonchev–Trinajstić information content (AvgIpc) is 3.63. The van der Waals surface area contributed by atoms with Gasteiger partial charge in [-0.15, -0.1) is 0 Å². The molecule has 0 radical (unpaired) electrons. The van der Waals surface area contributed by atoms with Gasteiger partial charge in [0, 0.05) is 47.8 Å². The van der Waals surface area contributed by atoms with E-state index in [9.17, 15) is 0 Å². The van der Waals surface area contributed by atoms with Gasteiger partial charge < -0.3 is 0 Å². The van der Waals surface area contributed by atoms with E-state index in [2.05, 4.69) is 243 Å². The molecule has 7 aromatic carbocycles. The van der Waals surface area contributed by atoms with Crippen molar-refractivity contribution < 1.29 is 0 Å². The van der Waals surface area contributed by atoms with Crippen LogP contribution in [0.4, 0.5) is 0 Å². The van der Waals surface area contributed by atoms with Crippen LogP contribution in [0.25, 0.3) is 27.9 Å². The predicted octanol–water partition coefficient (Wildman–Crippen LogP) is 13.8. The first-order valence-corrected chi connectivity index (χ1v) is 18.7. The SMILES string of the molecule is C1=C[CH+]C(=C(c2ccccc2)c2ccccc2)C=C1.c1ccc(C2=C(c3ccccc3)C(c3ccccc3)C(c3ccccc3)=C2c2ccccc2)cc1. The molecule has 0 spiro atoms. The van der Waals surface area contributed by atoms with Crippen LogP contribution in [-0.2, 0) is 0 Å². The molecule has 0 heteroatoms. The second-order valence-corrected chi connectivity index (χ2v) is 13.4. The summed E-state index contributed by atoms with van der Waals surface area (Å²) in [4.78, 5) is 0. The van der Waals surface area contributed by atoms with Crippen LogP contribution in [0.5, 0.6) is 0 Å². The summed E-state index contributed by atoms with van der Waals surface area (Å²) in [6.07, 6.45) is 10.5. The minimum Gasteiger partial charge on any atom is -0.0622 e. The Balaban J connectivity index is 0.000000183. The van der Waals surface area contributed by atoms with Crippen molar-refractivity contribution in [1.82, 2.24) is 0 Å². The molecule has 0 fully saturated rings. The third-order valence-corrected chi connectivity index (χ3v) is 9.98. The molecule has 2 aliphatic rings. The second-order valence-electron chi connectivity index (χ2n) is 13.4. The molecule has 0 saturated carbocycles. The minimum absolute atomic E-state index is 0.117. The Hall–Kier alpha value is -6.89. The Kier molecular flexibility index (Phi) is 10.5. The Morgan fingerprint density at radius 2 is 0.704 bits per heavy atom. The van der Waals surface area contributed by atoms with Crippen molar-refractivity contribution >= 4 is 27.9 Å². The van der Waals surface area contributed by atoms with Crippen LogP contribution in [0.15, 0.2) is 242 Å². The zero-order valence-electron chi connectivity index (χ0n) is 30.2. The van der Waals surface area contributed by atoms with Crippen molar-refractivity contribution in [3.05, 3.63) is 288 Å². The van der Waals surface area contributed by atoms with Gasteiger partial charge in [0.15, 0.2) is 0 Å². The quantitative estimate of drug-likeness (QED) is 0.146. The lowest BCUT2D eigenvalue weighted by Crippen LogP contribution is -2.03. The van der Waals surface area contributed by atoms with E-state index in [0.29, 0.717) is 0 Å². The van der Waals surface area contributed by atoms with Crippen LogP contribution in [0.1, 0.15) is 44.9 Å². The van der Waals surface area contributed by atoms with Crippen LogP contribution in [0, 0.1) is 6.42 Å². The molecule has 0 N–H and O–H groups in total. The lowest BCUT2D eigenvalue weighted by Gasteiger charge is -2.22. The molecule has 9 rings (SSSR count). The summed E-state index contributed by atoms with van der Waals surface area (Å²) >= 11 is 0. The molecule has 0 nitrogen and oxygen atoms in total. The summed E-state index contributed by atoms with van der Waals surface area (Å²) in [6, 6.07) is 75.6. The fourth-order valence-electron chi connectivity index (χ4n) is 7.66. The number of rotatable bonds is 7. The molecule has 0 amide bonds. The first-order chi connectivity index (χ1) is 26.9. The molecule has 2 aliphatic carbocycles. The van der Waals surface area contributed by atoms with E-state index in [1.54, 1.807) is 0 Å². The molecule has 54 heavy (non-hydrogen) atoms. The summed E-state index contributed by atoms with van der Waals surface area (Å²) in [5.74, 6) is 0.117. The van der Waals surface area contributed by atoms with Crippen LogP contribution in [-0.4, -0.2) is 0 Å². The third-order valence-electron chi connectivity index (χ3n) is 9.98. The average molecular weight is 690 g/mol. The first-order valence-electron chi connectivity index (χ1n) is 18.7. The zero-order chi connectivity index (χ0) is 36.4. The number of benzene rings is 7. The largest absolute Gasteiger partial charge is 0.105 e. The van der Waals surface area contributed by atoms with E-state index in [1.807, 2.05) is 0 Å². The van der Waals surface area contributed by atoms with Crippen molar-refractivity contribution in [3.63, 3.8) is 0 Å². The van der Waals surface area contributed by atoms with E-state index < -0.39 is 0 Å².